The fraction of sp³-hybridized carbons (Fsp3) is 0.125. The molecule has 0 saturated heterocycles. The second-order valence-electron chi connectivity index (χ2n) is 9.08. The van der Waals surface area contributed by atoms with E-state index in [0.717, 1.165) is 20.8 Å². The molecule has 3 aromatic carbocycles. The van der Waals surface area contributed by atoms with Gasteiger partial charge in [-0.1, -0.05) is 24.3 Å². The lowest BCUT2D eigenvalue weighted by Crippen LogP contribution is -2.18. The zero-order chi connectivity index (χ0) is 32.5. The summed E-state index contributed by atoms with van der Waals surface area (Å²) in [4.78, 5) is 65.7. The Kier molecular flexibility index (Phi) is 10.1. The van der Waals surface area contributed by atoms with Gasteiger partial charge < -0.3 is 33.7 Å². The van der Waals surface area contributed by atoms with Crippen molar-refractivity contribution in [3.8, 4) is 46.1 Å². The van der Waals surface area contributed by atoms with Crippen LogP contribution in [-0.4, -0.2) is 34.8 Å². The largest absolute Gasteiger partial charge is 0.453 e. The molecule has 1 aromatic heterocycles. The van der Waals surface area contributed by atoms with Crippen LogP contribution in [0.3, 0.4) is 0 Å². The number of carbonyl (C=O) groups excluding carboxylic acids is 5. The average molecular weight is 615 g/mol. The van der Waals surface area contributed by atoms with Gasteiger partial charge in [0.05, 0.1) is 0 Å². The van der Waals surface area contributed by atoms with Crippen LogP contribution >= 0.6 is 0 Å². The molecule has 0 atom stereocenters. The normalized spacial score (nSPS) is 10.2. The number of hydrogen-bond donors (Lipinski definition) is 1. The monoisotopic (exact) mass is 614 g/mol. The lowest BCUT2D eigenvalue weighted by Gasteiger charge is -2.20. The number of pyridine rings is 1. The summed E-state index contributed by atoms with van der Waals surface area (Å²) in [6.07, 6.45) is 1.46. The van der Waals surface area contributed by atoms with Crippen molar-refractivity contribution in [2.75, 3.05) is 5.32 Å². The molecular formula is C32H26N2O11. The molecule has 1 N–H and O–H groups in total. The first-order chi connectivity index (χ1) is 21.5. The van der Waals surface area contributed by atoms with Crippen LogP contribution in [0, 0.1) is 0 Å². The Morgan fingerprint density at radius 1 is 0.578 bits per heavy atom. The Labute approximate surface area is 256 Å². The first-order valence-electron chi connectivity index (χ1n) is 13.2. The molecule has 0 radical (unpaired) electrons. The molecule has 0 aliphatic heterocycles. The van der Waals surface area contributed by atoms with Crippen molar-refractivity contribution in [1.82, 2.24) is 4.98 Å². The van der Waals surface area contributed by atoms with E-state index in [0.29, 0.717) is 5.69 Å². The molecule has 0 bridgehead atoms. The van der Waals surface area contributed by atoms with Crippen molar-refractivity contribution in [1.29, 1.82) is 0 Å². The van der Waals surface area contributed by atoms with Crippen LogP contribution in [0.5, 0.6) is 46.1 Å². The van der Waals surface area contributed by atoms with Crippen LogP contribution in [0.4, 0.5) is 5.69 Å². The second kappa shape index (κ2) is 14.3. The van der Waals surface area contributed by atoms with Crippen molar-refractivity contribution in [2.45, 2.75) is 27.7 Å². The summed E-state index contributed by atoms with van der Waals surface area (Å²) < 4.78 is 33.1. The first kappa shape index (κ1) is 31.7. The Bertz CT molecular complexity index is 1760. The predicted molar refractivity (Wildman–Crippen MR) is 157 cm³/mol. The van der Waals surface area contributed by atoms with Gasteiger partial charge in [0.1, 0.15) is 17.1 Å². The van der Waals surface area contributed by atoms with Gasteiger partial charge in [0.25, 0.3) is 5.91 Å². The molecule has 0 aliphatic rings. The van der Waals surface area contributed by atoms with E-state index in [-0.39, 0.29) is 40.2 Å². The van der Waals surface area contributed by atoms with E-state index < -0.39 is 41.3 Å². The Balaban J connectivity index is 1.93. The standard InChI is InChI=1S/C32H26N2O11/c1-18(35)40-24-14-13-23(16-25(24)41-19(2)36)44-27-17-26(45-28-12-8-9-15-33-28)29(32(39)34-22-10-6-5-7-11-22)31(43-21(4)38)30(27)42-20(3)37/h5-17H,1-4H3,(H,34,39). The number of nitrogens with zero attached hydrogens (tertiary/aromatic N) is 1. The third-order valence-electron chi connectivity index (χ3n) is 5.42. The van der Waals surface area contributed by atoms with Crippen molar-refractivity contribution in [2.24, 2.45) is 0 Å². The second-order valence-corrected chi connectivity index (χ2v) is 9.08. The number of benzene rings is 3. The Morgan fingerprint density at radius 3 is 1.82 bits per heavy atom. The number of carbonyl (C=O) groups is 5. The molecule has 230 valence electrons. The Morgan fingerprint density at radius 2 is 1.20 bits per heavy atom. The lowest BCUT2D eigenvalue weighted by molar-refractivity contribution is -0.134. The zero-order valence-electron chi connectivity index (χ0n) is 24.4. The number of aromatic nitrogens is 1. The smallest absolute Gasteiger partial charge is 0.308 e. The molecular weight excluding hydrogens is 588 g/mol. The van der Waals surface area contributed by atoms with E-state index in [1.54, 1.807) is 42.5 Å². The molecule has 1 amide bonds. The maximum Gasteiger partial charge on any atom is 0.308 e. The average Bonchev–Trinajstić information content (AvgIpc) is 2.96. The van der Waals surface area contributed by atoms with E-state index in [1.165, 1.54) is 43.5 Å². The minimum absolute atomic E-state index is 0.00500. The van der Waals surface area contributed by atoms with Crippen LogP contribution in [0.25, 0.3) is 0 Å². The van der Waals surface area contributed by atoms with Gasteiger partial charge in [0.15, 0.2) is 23.0 Å². The van der Waals surface area contributed by atoms with E-state index in [4.69, 9.17) is 28.4 Å². The SMILES string of the molecule is CC(=O)Oc1ccc(Oc2cc(Oc3ccccn3)c(C(=O)Nc3ccccc3)c(OC(C)=O)c2OC(C)=O)cc1OC(C)=O. The quantitative estimate of drug-likeness (QED) is 0.173. The molecule has 0 aliphatic carbocycles. The zero-order valence-corrected chi connectivity index (χ0v) is 24.4. The lowest BCUT2D eigenvalue weighted by atomic mass is 10.1. The molecule has 0 fully saturated rings. The summed E-state index contributed by atoms with van der Waals surface area (Å²) in [5.74, 6) is -5.42. The molecule has 4 rings (SSSR count). The highest BCUT2D eigenvalue weighted by molar-refractivity contribution is 6.10. The first-order valence-corrected chi connectivity index (χ1v) is 13.2. The van der Waals surface area contributed by atoms with E-state index in [9.17, 15) is 24.0 Å². The van der Waals surface area contributed by atoms with E-state index >= 15 is 0 Å². The molecule has 0 unspecified atom stereocenters. The number of anilines is 1. The van der Waals surface area contributed by atoms with Gasteiger partial charge in [-0.15, -0.1) is 0 Å². The molecule has 0 saturated carbocycles. The number of ether oxygens (including phenoxy) is 6. The summed E-state index contributed by atoms with van der Waals surface area (Å²) in [5, 5.41) is 2.69. The number of nitrogens with one attached hydrogen (secondary N) is 1. The van der Waals surface area contributed by atoms with Crippen LogP contribution in [0.2, 0.25) is 0 Å². The topological polar surface area (TPSA) is 166 Å². The van der Waals surface area contributed by atoms with Gasteiger partial charge >= 0.3 is 23.9 Å². The van der Waals surface area contributed by atoms with Gasteiger partial charge in [-0.25, -0.2) is 4.98 Å². The van der Waals surface area contributed by atoms with E-state index in [2.05, 4.69) is 10.3 Å². The van der Waals surface area contributed by atoms with Gasteiger partial charge in [-0.3, -0.25) is 24.0 Å². The molecule has 13 nitrogen and oxygen atoms in total. The van der Waals surface area contributed by atoms with E-state index in [1.807, 2.05) is 0 Å². The van der Waals surface area contributed by atoms with Crippen molar-refractivity contribution in [3.63, 3.8) is 0 Å². The van der Waals surface area contributed by atoms with Gasteiger partial charge in [-0.2, -0.15) is 0 Å². The Hall–Kier alpha value is -6.24. The maximum absolute atomic E-state index is 13.7. The number of rotatable bonds is 10. The summed E-state index contributed by atoms with van der Waals surface area (Å²) in [6, 6.07) is 18.4. The van der Waals surface area contributed by atoms with Gasteiger partial charge in [0.2, 0.25) is 11.6 Å². The van der Waals surface area contributed by atoms with Crippen LogP contribution in [0.1, 0.15) is 38.1 Å². The number of para-hydroxylation sites is 1. The minimum Gasteiger partial charge on any atom is -0.453 e. The maximum atomic E-state index is 13.7. The fourth-order valence-electron chi connectivity index (χ4n) is 3.83. The summed E-state index contributed by atoms with van der Waals surface area (Å²) in [7, 11) is 0. The third kappa shape index (κ3) is 8.64. The molecule has 4 aromatic rings. The van der Waals surface area contributed by atoms with Crippen molar-refractivity contribution >= 4 is 35.5 Å². The molecule has 45 heavy (non-hydrogen) atoms. The summed E-state index contributed by atoms with van der Waals surface area (Å²) >= 11 is 0. The van der Waals surface area contributed by atoms with Crippen LogP contribution in [-0.2, 0) is 19.2 Å². The number of hydrogen-bond acceptors (Lipinski definition) is 12. The molecule has 0 spiro atoms. The van der Waals surface area contributed by atoms with Crippen molar-refractivity contribution in [3.05, 3.63) is 84.6 Å². The predicted octanol–water partition coefficient (Wildman–Crippen LogP) is 5.62. The highest BCUT2D eigenvalue weighted by Crippen LogP contribution is 2.49. The summed E-state index contributed by atoms with van der Waals surface area (Å²) in [5.41, 5.74) is 0.0782. The number of esters is 4. The molecule has 1 heterocycles. The van der Waals surface area contributed by atoms with Crippen molar-refractivity contribution < 1.29 is 52.4 Å². The highest BCUT2D eigenvalue weighted by atomic mass is 16.6. The fourth-order valence-corrected chi connectivity index (χ4v) is 3.83. The number of amides is 1. The van der Waals surface area contributed by atoms with Crippen LogP contribution in [0.15, 0.2) is 79.0 Å². The van der Waals surface area contributed by atoms with Gasteiger partial charge in [-0.05, 0) is 30.3 Å². The third-order valence-corrected chi connectivity index (χ3v) is 5.42. The van der Waals surface area contributed by atoms with Gasteiger partial charge in [0, 0.05) is 57.8 Å². The summed E-state index contributed by atoms with van der Waals surface area (Å²) in [6.45, 7) is 4.50. The van der Waals surface area contributed by atoms with Crippen LogP contribution < -0.4 is 33.7 Å². The highest BCUT2D eigenvalue weighted by Gasteiger charge is 2.31. The minimum atomic E-state index is -0.860. The molecule has 13 heteroatoms.